The van der Waals surface area contributed by atoms with Gasteiger partial charge in [0.15, 0.2) is 0 Å². The highest BCUT2D eigenvalue weighted by atomic mass is 35.5. The highest BCUT2D eigenvalue weighted by molar-refractivity contribution is 6.30. The van der Waals surface area contributed by atoms with Gasteiger partial charge in [-0.05, 0) is 6.07 Å². The van der Waals surface area contributed by atoms with Gasteiger partial charge in [-0.25, -0.2) is 0 Å². The predicted octanol–water partition coefficient (Wildman–Crippen LogP) is 2.68. The first kappa shape index (κ1) is 12.2. The third kappa shape index (κ3) is 3.61. The van der Waals surface area contributed by atoms with E-state index in [4.69, 9.17) is 16.0 Å². The molecule has 0 atom stereocenters. The van der Waals surface area contributed by atoms with Crippen molar-refractivity contribution in [3.05, 3.63) is 41.1 Å². The molecule has 0 bridgehead atoms. The van der Waals surface area contributed by atoms with Crippen molar-refractivity contribution in [2.24, 2.45) is 0 Å². The van der Waals surface area contributed by atoms with Crippen molar-refractivity contribution < 1.29 is 4.42 Å². The zero-order valence-electron chi connectivity index (χ0n) is 9.98. The second kappa shape index (κ2) is 5.38. The Balaban J connectivity index is 1.94. The summed E-state index contributed by atoms with van der Waals surface area (Å²) in [6.07, 6.45) is 5.16. The van der Waals surface area contributed by atoms with E-state index in [1.54, 1.807) is 23.3 Å². The molecule has 0 fully saturated rings. The molecule has 0 saturated heterocycles. The number of hydrogen-bond acceptors (Lipinski definition) is 3. The van der Waals surface area contributed by atoms with Crippen molar-refractivity contribution >= 4 is 11.6 Å². The number of furan rings is 1. The van der Waals surface area contributed by atoms with Crippen LogP contribution in [0.5, 0.6) is 0 Å². The van der Waals surface area contributed by atoms with Crippen LogP contribution in [-0.4, -0.2) is 15.8 Å². The first-order valence-electron chi connectivity index (χ1n) is 5.61. The molecule has 92 valence electrons. The van der Waals surface area contributed by atoms with E-state index >= 15 is 0 Å². The summed E-state index contributed by atoms with van der Waals surface area (Å²) in [5.74, 6) is 0.880. The molecule has 0 saturated carbocycles. The van der Waals surface area contributed by atoms with E-state index in [1.807, 2.05) is 6.07 Å². The topological polar surface area (TPSA) is 43.0 Å². The summed E-state index contributed by atoms with van der Waals surface area (Å²) in [6, 6.07) is 2.50. The predicted molar refractivity (Wildman–Crippen MR) is 67.0 cm³/mol. The van der Waals surface area contributed by atoms with Crippen LogP contribution in [0.3, 0.4) is 0 Å². The number of halogens is 1. The Labute approximate surface area is 106 Å². The van der Waals surface area contributed by atoms with Gasteiger partial charge in [-0.1, -0.05) is 25.4 Å². The second-order valence-corrected chi connectivity index (χ2v) is 4.75. The minimum absolute atomic E-state index is 0.471. The molecular formula is C12H16ClN3O. The van der Waals surface area contributed by atoms with Gasteiger partial charge in [-0.3, -0.25) is 4.68 Å². The van der Waals surface area contributed by atoms with Crippen LogP contribution in [0.25, 0.3) is 0 Å². The average Bonchev–Trinajstić information content (AvgIpc) is 2.86. The van der Waals surface area contributed by atoms with E-state index in [9.17, 15) is 0 Å². The molecule has 0 aliphatic heterocycles. The minimum atomic E-state index is 0.471. The molecule has 0 amide bonds. The van der Waals surface area contributed by atoms with Crippen LogP contribution in [0, 0.1) is 0 Å². The normalized spacial score (nSPS) is 11.3. The maximum Gasteiger partial charge on any atom is 0.125 e. The molecule has 2 aromatic heterocycles. The number of rotatable bonds is 5. The van der Waals surface area contributed by atoms with Crippen molar-refractivity contribution in [3.63, 3.8) is 0 Å². The zero-order valence-corrected chi connectivity index (χ0v) is 10.7. The van der Waals surface area contributed by atoms with Crippen LogP contribution >= 0.6 is 11.6 Å². The Bertz CT molecular complexity index is 476. The maximum absolute atomic E-state index is 5.79. The SMILES string of the molecule is CC(C)NCc1coc(Cn2cc(Cl)cn2)c1. The number of hydrogen-bond donors (Lipinski definition) is 1. The second-order valence-electron chi connectivity index (χ2n) is 4.31. The fraction of sp³-hybridized carbons (Fsp3) is 0.417. The molecule has 0 radical (unpaired) electrons. The van der Waals surface area contributed by atoms with E-state index in [0.717, 1.165) is 17.9 Å². The van der Waals surface area contributed by atoms with Crippen molar-refractivity contribution in [3.8, 4) is 0 Å². The van der Waals surface area contributed by atoms with Gasteiger partial charge in [0.05, 0.1) is 24.0 Å². The average molecular weight is 254 g/mol. The highest BCUT2D eigenvalue weighted by Crippen LogP contribution is 2.11. The highest BCUT2D eigenvalue weighted by Gasteiger charge is 2.04. The van der Waals surface area contributed by atoms with Gasteiger partial charge < -0.3 is 9.73 Å². The van der Waals surface area contributed by atoms with E-state index in [2.05, 4.69) is 24.3 Å². The Kier molecular flexibility index (Phi) is 3.86. The summed E-state index contributed by atoms with van der Waals surface area (Å²) in [7, 11) is 0. The molecule has 2 aromatic rings. The van der Waals surface area contributed by atoms with Crippen LogP contribution in [0.15, 0.2) is 29.1 Å². The minimum Gasteiger partial charge on any atom is -0.467 e. The summed E-state index contributed by atoms with van der Waals surface area (Å²) in [6.45, 7) is 5.66. The number of aromatic nitrogens is 2. The fourth-order valence-corrected chi connectivity index (χ4v) is 1.66. The molecule has 2 rings (SSSR count). The van der Waals surface area contributed by atoms with Gasteiger partial charge in [0.1, 0.15) is 5.76 Å². The lowest BCUT2D eigenvalue weighted by molar-refractivity contribution is 0.477. The number of nitrogens with zero attached hydrogens (tertiary/aromatic N) is 2. The summed E-state index contributed by atoms with van der Waals surface area (Å²) in [5.41, 5.74) is 1.15. The van der Waals surface area contributed by atoms with E-state index < -0.39 is 0 Å². The largest absolute Gasteiger partial charge is 0.467 e. The molecule has 0 aliphatic rings. The lowest BCUT2D eigenvalue weighted by atomic mass is 10.3. The summed E-state index contributed by atoms with van der Waals surface area (Å²) >= 11 is 5.79. The van der Waals surface area contributed by atoms with Crippen LogP contribution in [0.1, 0.15) is 25.2 Å². The van der Waals surface area contributed by atoms with E-state index in [-0.39, 0.29) is 0 Å². The van der Waals surface area contributed by atoms with Gasteiger partial charge in [0, 0.05) is 24.3 Å². The lowest BCUT2D eigenvalue weighted by Gasteiger charge is -2.04. The Morgan fingerprint density at radius 2 is 2.35 bits per heavy atom. The Morgan fingerprint density at radius 1 is 1.53 bits per heavy atom. The summed E-state index contributed by atoms with van der Waals surface area (Å²) in [5, 5.41) is 8.08. The first-order valence-corrected chi connectivity index (χ1v) is 5.99. The molecule has 0 aliphatic carbocycles. The molecule has 5 heteroatoms. The quantitative estimate of drug-likeness (QED) is 0.891. The van der Waals surface area contributed by atoms with Crippen molar-refractivity contribution in [1.29, 1.82) is 0 Å². The van der Waals surface area contributed by atoms with Gasteiger partial charge in [0.25, 0.3) is 0 Å². The van der Waals surface area contributed by atoms with Gasteiger partial charge in [-0.15, -0.1) is 0 Å². The van der Waals surface area contributed by atoms with Gasteiger partial charge in [-0.2, -0.15) is 5.10 Å². The van der Waals surface area contributed by atoms with Gasteiger partial charge in [0.2, 0.25) is 0 Å². The standard InChI is InChI=1S/C12H16ClN3O/c1-9(2)14-4-10-3-12(17-8-10)7-16-6-11(13)5-15-16/h3,5-6,8-9,14H,4,7H2,1-2H3. The molecule has 0 spiro atoms. The third-order valence-corrected chi connectivity index (χ3v) is 2.54. The Hall–Kier alpha value is -1.26. The molecule has 2 heterocycles. The molecule has 4 nitrogen and oxygen atoms in total. The molecule has 17 heavy (non-hydrogen) atoms. The Morgan fingerprint density at radius 3 is 3.00 bits per heavy atom. The van der Waals surface area contributed by atoms with Crippen molar-refractivity contribution in [1.82, 2.24) is 15.1 Å². The summed E-state index contributed by atoms with van der Waals surface area (Å²) < 4.78 is 7.22. The van der Waals surface area contributed by atoms with Crippen LogP contribution in [-0.2, 0) is 13.1 Å². The number of nitrogens with one attached hydrogen (secondary N) is 1. The maximum atomic E-state index is 5.79. The summed E-state index contributed by atoms with van der Waals surface area (Å²) in [4.78, 5) is 0. The van der Waals surface area contributed by atoms with Crippen molar-refractivity contribution in [2.45, 2.75) is 33.0 Å². The molecule has 1 N–H and O–H groups in total. The monoisotopic (exact) mass is 253 g/mol. The fourth-order valence-electron chi connectivity index (χ4n) is 1.51. The molecular weight excluding hydrogens is 238 g/mol. The smallest absolute Gasteiger partial charge is 0.125 e. The zero-order chi connectivity index (χ0) is 12.3. The van der Waals surface area contributed by atoms with Crippen LogP contribution in [0.2, 0.25) is 5.02 Å². The van der Waals surface area contributed by atoms with Gasteiger partial charge >= 0.3 is 0 Å². The third-order valence-electron chi connectivity index (χ3n) is 2.34. The van der Waals surface area contributed by atoms with Crippen LogP contribution < -0.4 is 5.32 Å². The molecule has 0 aromatic carbocycles. The first-order chi connectivity index (χ1) is 8.13. The van der Waals surface area contributed by atoms with E-state index in [0.29, 0.717) is 17.6 Å². The molecule has 0 unspecified atom stereocenters. The lowest BCUT2D eigenvalue weighted by Crippen LogP contribution is -2.21. The van der Waals surface area contributed by atoms with E-state index in [1.165, 1.54) is 0 Å². The van der Waals surface area contributed by atoms with Crippen molar-refractivity contribution in [2.75, 3.05) is 0 Å². The van der Waals surface area contributed by atoms with Crippen LogP contribution in [0.4, 0.5) is 0 Å².